The molecule has 2 aromatic rings. The van der Waals surface area contributed by atoms with Gasteiger partial charge in [-0.15, -0.1) is 0 Å². The van der Waals surface area contributed by atoms with E-state index in [9.17, 15) is 0 Å². The molecule has 2 rings (SSSR count). The van der Waals surface area contributed by atoms with E-state index in [0.29, 0.717) is 36.0 Å². The van der Waals surface area contributed by atoms with E-state index in [1.807, 2.05) is 13.8 Å². The molecule has 0 aliphatic carbocycles. The van der Waals surface area contributed by atoms with Crippen LogP contribution in [-0.2, 0) is 11.3 Å². The predicted molar refractivity (Wildman–Crippen MR) is 59.6 cm³/mol. The monoisotopic (exact) mass is 219 g/mol. The fourth-order valence-corrected chi connectivity index (χ4v) is 1.32. The van der Waals surface area contributed by atoms with Gasteiger partial charge in [0.05, 0.1) is 11.9 Å². The number of nitrogens with two attached hydrogens (primary N) is 1. The van der Waals surface area contributed by atoms with Crippen molar-refractivity contribution in [1.29, 1.82) is 0 Å². The summed E-state index contributed by atoms with van der Waals surface area (Å²) >= 11 is 0. The lowest BCUT2D eigenvalue weighted by atomic mass is 10.4. The molecule has 6 nitrogen and oxygen atoms in total. The molecule has 2 heterocycles. The van der Waals surface area contributed by atoms with Gasteiger partial charge in [-0.25, -0.2) is 19.9 Å². The smallest absolute Gasteiger partial charge is 0.183 e. The van der Waals surface area contributed by atoms with Gasteiger partial charge in [0.15, 0.2) is 22.8 Å². The van der Waals surface area contributed by atoms with Crippen LogP contribution in [0, 0.1) is 6.92 Å². The minimum Gasteiger partial charge on any atom is -0.382 e. The van der Waals surface area contributed by atoms with Gasteiger partial charge in [-0.3, -0.25) is 0 Å². The average Bonchev–Trinajstić information content (AvgIpc) is 2.27. The summed E-state index contributed by atoms with van der Waals surface area (Å²) in [4.78, 5) is 16.7. The number of hydrogen-bond acceptors (Lipinski definition) is 6. The second kappa shape index (κ2) is 4.36. The molecule has 0 spiro atoms. The van der Waals surface area contributed by atoms with E-state index in [2.05, 4.69) is 19.9 Å². The highest BCUT2D eigenvalue weighted by atomic mass is 16.5. The molecule has 0 aliphatic heterocycles. The van der Waals surface area contributed by atoms with Crippen LogP contribution >= 0.6 is 0 Å². The first-order valence-corrected chi connectivity index (χ1v) is 5.04. The molecule has 6 heteroatoms. The number of ether oxygens (including phenoxy) is 1. The lowest BCUT2D eigenvalue weighted by molar-refractivity contribution is 0.128. The van der Waals surface area contributed by atoms with Gasteiger partial charge in [-0.1, -0.05) is 0 Å². The molecule has 2 N–H and O–H groups in total. The van der Waals surface area contributed by atoms with Crippen LogP contribution in [0.3, 0.4) is 0 Å². The summed E-state index contributed by atoms with van der Waals surface area (Å²) in [7, 11) is 0. The quantitative estimate of drug-likeness (QED) is 0.823. The van der Waals surface area contributed by atoms with Gasteiger partial charge >= 0.3 is 0 Å². The van der Waals surface area contributed by atoms with E-state index in [-0.39, 0.29) is 0 Å². The maximum atomic E-state index is 5.79. The maximum Gasteiger partial charge on any atom is 0.183 e. The third-order valence-electron chi connectivity index (χ3n) is 2.04. The van der Waals surface area contributed by atoms with Gasteiger partial charge in [-0.2, -0.15) is 0 Å². The minimum absolute atomic E-state index is 0.339. The molecule has 0 saturated heterocycles. The molecule has 0 saturated carbocycles. The number of nitrogens with zero attached hydrogens (tertiary/aromatic N) is 4. The number of hydrogen-bond donors (Lipinski definition) is 1. The van der Waals surface area contributed by atoms with Gasteiger partial charge in [0.25, 0.3) is 0 Å². The Morgan fingerprint density at radius 2 is 2.12 bits per heavy atom. The highest BCUT2D eigenvalue weighted by Crippen LogP contribution is 2.13. The molecule has 0 aliphatic rings. The molecular formula is C10H13N5O. The fraction of sp³-hybridized carbons (Fsp3) is 0.400. The van der Waals surface area contributed by atoms with Crippen LogP contribution in [0.4, 0.5) is 5.82 Å². The molecular weight excluding hydrogens is 206 g/mol. The standard InChI is InChI=1S/C10H13N5O/c1-3-16-5-7-14-9(11)8-10(15-7)12-4-6(2)13-8/h4H,3,5H2,1-2H3,(H2,11,12,14,15). The first-order chi connectivity index (χ1) is 7.70. The van der Waals surface area contributed by atoms with Gasteiger partial charge in [0.2, 0.25) is 0 Å². The molecule has 0 radical (unpaired) electrons. The second-order valence-electron chi connectivity index (χ2n) is 3.35. The number of nitrogen functional groups attached to an aromatic ring is 1. The number of anilines is 1. The van der Waals surface area contributed by atoms with Crippen molar-refractivity contribution in [2.45, 2.75) is 20.5 Å². The number of aromatic nitrogens is 4. The van der Waals surface area contributed by atoms with Crippen LogP contribution in [0.25, 0.3) is 11.2 Å². The summed E-state index contributed by atoms with van der Waals surface area (Å²) in [5.74, 6) is 0.876. The van der Waals surface area contributed by atoms with E-state index >= 15 is 0 Å². The van der Waals surface area contributed by atoms with Crippen molar-refractivity contribution in [1.82, 2.24) is 19.9 Å². The Bertz CT molecular complexity index is 514. The van der Waals surface area contributed by atoms with E-state index in [1.165, 1.54) is 0 Å². The van der Waals surface area contributed by atoms with Gasteiger partial charge < -0.3 is 10.5 Å². The lowest BCUT2D eigenvalue weighted by Crippen LogP contribution is -2.05. The van der Waals surface area contributed by atoms with E-state index in [1.54, 1.807) is 6.20 Å². The van der Waals surface area contributed by atoms with Crippen molar-refractivity contribution in [2.24, 2.45) is 0 Å². The zero-order chi connectivity index (χ0) is 11.5. The van der Waals surface area contributed by atoms with Crippen LogP contribution in [0.15, 0.2) is 6.20 Å². The summed E-state index contributed by atoms with van der Waals surface area (Å²) < 4.78 is 5.22. The Balaban J connectivity index is 2.46. The molecule has 2 aromatic heterocycles. The van der Waals surface area contributed by atoms with Crippen LogP contribution in [0.2, 0.25) is 0 Å². The van der Waals surface area contributed by atoms with Gasteiger partial charge in [-0.05, 0) is 13.8 Å². The first kappa shape index (κ1) is 10.7. The van der Waals surface area contributed by atoms with E-state index in [0.717, 1.165) is 5.69 Å². The van der Waals surface area contributed by atoms with Crippen molar-refractivity contribution in [3.05, 3.63) is 17.7 Å². The van der Waals surface area contributed by atoms with Crippen molar-refractivity contribution in [3.63, 3.8) is 0 Å². The molecule has 0 unspecified atom stereocenters. The Morgan fingerprint density at radius 1 is 1.31 bits per heavy atom. The average molecular weight is 219 g/mol. The number of aryl methyl sites for hydroxylation is 1. The van der Waals surface area contributed by atoms with E-state index in [4.69, 9.17) is 10.5 Å². The fourth-order valence-electron chi connectivity index (χ4n) is 1.32. The third-order valence-corrected chi connectivity index (χ3v) is 2.04. The number of fused-ring (bicyclic) bond motifs is 1. The lowest BCUT2D eigenvalue weighted by Gasteiger charge is -2.04. The van der Waals surface area contributed by atoms with Crippen LogP contribution in [0.5, 0.6) is 0 Å². The highest BCUT2D eigenvalue weighted by Gasteiger charge is 2.07. The summed E-state index contributed by atoms with van der Waals surface area (Å²) in [6, 6.07) is 0. The summed E-state index contributed by atoms with van der Waals surface area (Å²) in [6.07, 6.45) is 1.65. The Kier molecular flexibility index (Phi) is 2.91. The van der Waals surface area contributed by atoms with Crippen LogP contribution in [0.1, 0.15) is 18.4 Å². The molecule has 0 aromatic carbocycles. The Labute approximate surface area is 92.9 Å². The molecule has 0 amide bonds. The summed E-state index contributed by atoms with van der Waals surface area (Å²) in [6.45, 7) is 4.71. The SMILES string of the molecule is CCOCc1nc(N)c2nc(C)cnc2n1. The Morgan fingerprint density at radius 3 is 2.88 bits per heavy atom. The summed E-state index contributed by atoms with van der Waals surface area (Å²) in [5.41, 5.74) is 7.63. The molecule has 16 heavy (non-hydrogen) atoms. The van der Waals surface area contributed by atoms with Crippen molar-refractivity contribution in [2.75, 3.05) is 12.3 Å². The predicted octanol–water partition coefficient (Wildman–Crippen LogP) is 0.847. The topological polar surface area (TPSA) is 86.8 Å². The number of rotatable bonds is 3. The van der Waals surface area contributed by atoms with Crippen molar-refractivity contribution < 1.29 is 4.74 Å². The first-order valence-electron chi connectivity index (χ1n) is 5.04. The molecule has 0 atom stereocenters. The Hall–Kier alpha value is -1.82. The zero-order valence-electron chi connectivity index (χ0n) is 9.27. The van der Waals surface area contributed by atoms with E-state index < -0.39 is 0 Å². The zero-order valence-corrected chi connectivity index (χ0v) is 9.27. The van der Waals surface area contributed by atoms with Crippen LogP contribution in [-0.4, -0.2) is 26.5 Å². The molecule has 84 valence electrons. The normalized spacial score (nSPS) is 10.9. The molecule has 0 fully saturated rings. The molecule has 0 bridgehead atoms. The highest BCUT2D eigenvalue weighted by molar-refractivity contribution is 5.80. The minimum atomic E-state index is 0.339. The summed E-state index contributed by atoms with van der Waals surface area (Å²) in [5, 5.41) is 0. The van der Waals surface area contributed by atoms with Crippen LogP contribution < -0.4 is 5.73 Å². The maximum absolute atomic E-state index is 5.79. The van der Waals surface area contributed by atoms with Gasteiger partial charge in [0, 0.05) is 6.61 Å². The van der Waals surface area contributed by atoms with Gasteiger partial charge in [0.1, 0.15) is 6.61 Å². The van der Waals surface area contributed by atoms with Crippen molar-refractivity contribution in [3.8, 4) is 0 Å². The van der Waals surface area contributed by atoms with Crippen molar-refractivity contribution >= 4 is 17.0 Å². The second-order valence-corrected chi connectivity index (χ2v) is 3.35. The largest absolute Gasteiger partial charge is 0.382 e. The third kappa shape index (κ3) is 2.06.